The second kappa shape index (κ2) is 9.92. The molecule has 0 spiro atoms. The zero-order valence-corrected chi connectivity index (χ0v) is 18.6. The van der Waals surface area contributed by atoms with E-state index >= 15 is 0 Å². The van der Waals surface area contributed by atoms with Gasteiger partial charge in [-0.25, -0.2) is 13.1 Å². The van der Waals surface area contributed by atoms with Crippen LogP contribution in [0.3, 0.4) is 0 Å². The molecule has 0 aliphatic carbocycles. The van der Waals surface area contributed by atoms with Gasteiger partial charge in [0, 0.05) is 30.8 Å². The summed E-state index contributed by atoms with van der Waals surface area (Å²) < 4.78 is 69.9. The molecule has 1 amide bonds. The lowest BCUT2D eigenvalue weighted by Crippen LogP contribution is -2.24. The molecule has 0 aliphatic heterocycles. The Balaban J connectivity index is 1.99. The molecule has 0 saturated heterocycles. The van der Waals surface area contributed by atoms with Gasteiger partial charge in [-0.1, -0.05) is 6.07 Å². The highest BCUT2D eigenvalue weighted by Gasteiger charge is 2.25. The van der Waals surface area contributed by atoms with E-state index in [4.69, 9.17) is 13.9 Å². The van der Waals surface area contributed by atoms with Crippen molar-refractivity contribution in [2.45, 2.75) is 24.8 Å². The summed E-state index contributed by atoms with van der Waals surface area (Å²) in [5, 5.41) is 9.24. The van der Waals surface area contributed by atoms with Crippen molar-refractivity contribution in [2.75, 3.05) is 19.5 Å². The van der Waals surface area contributed by atoms with E-state index in [0.717, 1.165) is 6.07 Å². The third-order valence-electron chi connectivity index (χ3n) is 4.40. The number of nitrogens with zero attached hydrogens (tertiary/aromatic N) is 2. The van der Waals surface area contributed by atoms with E-state index in [1.54, 1.807) is 18.2 Å². The number of carbonyl (C=O) groups excluding carboxylic acids is 1. The molecule has 0 aliphatic rings. The first-order valence-electron chi connectivity index (χ1n) is 9.38. The highest BCUT2D eigenvalue weighted by Crippen LogP contribution is 2.31. The Morgan fingerprint density at radius 2 is 1.88 bits per heavy atom. The number of aromatic nitrogens is 2. The quantitative estimate of drug-likeness (QED) is 0.475. The monoisotopic (exact) mass is 482 g/mol. The van der Waals surface area contributed by atoms with Crippen molar-refractivity contribution in [3.05, 3.63) is 47.9 Å². The molecule has 0 atom stereocenters. The molecular formula is C20H20F2N4O6S. The topological polar surface area (TPSA) is 133 Å². The van der Waals surface area contributed by atoms with Gasteiger partial charge in [-0.05, 0) is 24.3 Å². The van der Waals surface area contributed by atoms with Crippen LogP contribution in [0.15, 0.2) is 45.7 Å². The number of hydrogen-bond acceptors (Lipinski definition) is 8. The minimum atomic E-state index is -4.25. The average molecular weight is 482 g/mol. The van der Waals surface area contributed by atoms with Gasteiger partial charge >= 0.3 is 6.43 Å². The SMILES string of the molecule is COc1ccc(CNS(=O)(=O)c2cc(NC(C)=O)ccc2-c2nnc(C(F)F)o2)c(OC)c1. The fourth-order valence-electron chi connectivity index (χ4n) is 2.88. The normalized spacial score (nSPS) is 11.5. The number of hydrogen-bond donors (Lipinski definition) is 2. The van der Waals surface area contributed by atoms with E-state index < -0.39 is 34.1 Å². The fourth-order valence-corrected chi connectivity index (χ4v) is 4.11. The Morgan fingerprint density at radius 1 is 1.12 bits per heavy atom. The third kappa shape index (κ3) is 5.62. The maximum Gasteiger partial charge on any atom is 0.314 e. The van der Waals surface area contributed by atoms with Crippen LogP contribution < -0.4 is 19.5 Å². The van der Waals surface area contributed by atoms with E-state index in [0.29, 0.717) is 17.1 Å². The predicted molar refractivity (Wildman–Crippen MR) is 113 cm³/mol. The average Bonchev–Trinajstić information content (AvgIpc) is 3.27. The summed E-state index contributed by atoms with van der Waals surface area (Å²) in [5.74, 6) is -0.880. The summed E-state index contributed by atoms with van der Waals surface area (Å²) in [7, 11) is -1.34. The first-order chi connectivity index (χ1) is 15.6. The number of alkyl halides is 2. The van der Waals surface area contributed by atoms with Crippen molar-refractivity contribution in [3.8, 4) is 23.0 Å². The standard InChI is InChI=1S/C20H20F2N4O6S/c1-11(27)24-13-5-7-15(19-25-26-20(32-19)18(21)22)17(8-13)33(28,29)23-10-12-4-6-14(30-2)9-16(12)31-3/h4-9,18,23H,10H2,1-3H3,(H,24,27). The largest absolute Gasteiger partial charge is 0.497 e. The van der Waals surface area contributed by atoms with Gasteiger partial charge in [0.1, 0.15) is 11.5 Å². The predicted octanol–water partition coefficient (Wildman–Crippen LogP) is 3.13. The maximum absolute atomic E-state index is 13.2. The van der Waals surface area contributed by atoms with Crippen molar-refractivity contribution in [1.29, 1.82) is 0 Å². The summed E-state index contributed by atoms with van der Waals surface area (Å²) in [6.45, 7) is 1.09. The number of anilines is 1. The smallest absolute Gasteiger partial charge is 0.314 e. The molecule has 3 aromatic rings. The Kier molecular flexibility index (Phi) is 7.23. The van der Waals surface area contributed by atoms with Gasteiger partial charge in [0.05, 0.1) is 24.7 Å². The summed E-state index contributed by atoms with van der Waals surface area (Å²) >= 11 is 0. The van der Waals surface area contributed by atoms with Gasteiger partial charge in [-0.2, -0.15) is 8.78 Å². The molecule has 0 fully saturated rings. The minimum Gasteiger partial charge on any atom is -0.497 e. The van der Waals surface area contributed by atoms with Crippen molar-refractivity contribution in [3.63, 3.8) is 0 Å². The molecule has 3 rings (SSSR count). The van der Waals surface area contributed by atoms with Crippen LogP contribution in [0.5, 0.6) is 11.5 Å². The van der Waals surface area contributed by atoms with Crippen molar-refractivity contribution < 1.29 is 35.9 Å². The van der Waals surface area contributed by atoms with Crippen LogP contribution in [-0.2, 0) is 21.4 Å². The number of halogens is 2. The molecule has 0 bridgehead atoms. The van der Waals surface area contributed by atoms with Crippen molar-refractivity contribution >= 4 is 21.6 Å². The highest BCUT2D eigenvalue weighted by atomic mass is 32.2. The molecule has 1 aromatic heterocycles. The van der Waals surface area contributed by atoms with Crippen LogP contribution in [0.4, 0.5) is 14.5 Å². The number of sulfonamides is 1. The Hall–Kier alpha value is -3.58. The molecule has 0 saturated carbocycles. The maximum atomic E-state index is 13.2. The third-order valence-corrected chi connectivity index (χ3v) is 5.84. The van der Waals surface area contributed by atoms with E-state index in [2.05, 4.69) is 20.2 Å². The molecule has 2 aromatic carbocycles. The van der Waals surface area contributed by atoms with Gasteiger partial charge in [0.2, 0.25) is 21.8 Å². The van der Waals surface area contributed by atoms with E-state index in [9.17, 15) is 22.0 Å². The number of methoxy groups -OCH3 is 2. The molecule has 2 N–H and O–H groups in total. The summed E-state index contributed by atoms with van der Waals surface area (Å²) in [6, 6.07) is 8.68. The van der Waals surface area contributed by atoms with Gasteiger partial charge in [-0.3, -0.25) is 4.79 Å². The zero-order valence-electron chi connectivity index (χ0n) is 17.8. The van der Waals surface area contributed by atoms with Crippen molar-refractivity contribution in [1.82, 2.24) is 14.9 Å². The fraction of sp³-hybridized carbons (Fsp3) is 0.250. The minimum absolute atomic E-state index is 0.113. The van der Waals surface area contributed by atoms with Crippen LogP contribution >= 0.6 is 0 Å². The van der Waals surface area contributed by atoms with Crippen LogP contribution in [0, 0.1) is 0 Å². The molecule has 10 nitrogen and oxygen atoms in total. The molecule has 0 unspecified atom stereocenters. The number of benzene rings is 2. The lowest BCUT2D eigenvalue weighted by atomic mass is 10.2. The molecular weight excluding hydrogens is 462 g/mol. The van der Waals surface area contributed by atoms with E-state index in [1.165, 1.54) is 33.3 Å². The van der Waals surface area contributed by atoms with Crippen molar-refractivity contribution in [2.24, 2.45) is 0 Å². The number of ether oxygens (including phenoxy) is 2. The lowest BCUT2D eigenvalue weighted by molar-refractivity contribution is -0.114. The van der Waals surface area contributed by atoms with Gasteiger partial charge < -0.3 is 19.2 Å². The second-order valence-corrected chi connectivity index (χ2v) is 8.38. The van der Waals surface area contributed by atoms with Crippen LogP contribution in [0.2, 0.25) is 0 Å². The first kappa shape index (κ1) is 24.1. The molecule has 1 heterocycles. The summed E-state index contributed by atoms with van der Waals surface area (Å²) in [4.78, 5) is 11.1. The number of nitrogens with one attached hydrogen (secondary N) is 2. The summed E-state index contributed by atoms with van der Waals surface area (Å²) in [5.41, 5.74) is 0.569. The van der Waals surface area contributed by atoms with Gasteiger partial charge in [0.15, 0.2) is 0 Å². The highest BCUT2D eigenvalue weighted by molar-refractivity contribution is 7.89. The van der Waals surface area contributed by atoms with Crippen LogP contribution in [0.25, 0.3) is 11.5 Å². The lowest BCUT2D eigenvalue weighted by Gasteiger charge is -2.14. The first-order valence-corrected chi connectivity index (χ1v) is 10.9. The summed E-state index contributed by atoms with van der Waals surface area (Å²) in [6.07, 6.45) is -3.02. The molecule has 176 valence electrons. The van der Waals surface area contributed by atoms with Gasteiger partial charge in [-0.15, -0.1) is 10.2 Å². The van der Waals surface area contributed by atoms with Crippen LogP contribution in [0.1, 0.15) is 24.8 Å². The van der Waals surface area contributed by atoms with Crippen LogP contribution in [-0.4, -0.2) is 38.7 Å². The van der Waals surface area contributed by atoms with E-state index in [-0.39, 0.29) is 22.7 Å². The number of amides is 1. The second-order valence-electron chi connectivity index (χ2n) is 6.64. The zero-order chi connectivity index (χ0) is 24.2. The number of rotatable bonds is 9. The molecule has 13 heteroatoms. The van der Waals surface area contributed by atoms with E-state index in [1.807, 2.05) is 0 Å². The molecule has 0 radical (unpaired) electrons. The Labute approximate surface area is 188 Å². The van der Waals surface area contributed by atoms with Gasteiger partial charge in [0.25, 0.3) is 5.89 Å². The Morgan fingerprint density at radius 3 is 2.48 bits per heavy atom. The molecule has 33 heavy (non-hydrogen) atoms. The number of carbonyl (C=O) groups is 1. The Bertz CT molecular complexity index is 1260.